The van der Waals surface area contributed by atoms with E-state index in [2.05, 4.69) is 26.6 Å². The first-order valence-electron chi connectivity index (χ1n) is 35.0. The number of carbonyl (C=O) groups is 12. The zero-order valence-electron chi connectivity index (χ0n) is 60.8. The van der Waals surface area contributed by atoms with Gasteiger partial charge in [0.15, 0.2) is 0 Å². The number of halogens is 4. The number of hydrogen-bond donors (Lipinski definition) is 5. The van der Waals surface area contributed by atoms with Crippen LogP contribution in [0, 0.1) is 23.7 Å². The molecule has 1 aromatic carbocycles. The van der Waals surface area contributed by atoms with Crippen LogP contribution in [0.2, 0.25) is 5.02 Å². The zero-order valence-corrected chi connectivity index (χ0v) is 61.6. The minimum atomic E-state index is -4.76. The first-order valence-corrected chi connectivity index (χ1v) is 35.4. The second-order valence-corrected chi connectivity index (χ2v) is 30.1. The number of carbonyl (C=O) groups excluding carboxylic acids is 12. The molecule has 12 amide bonds. The van der Waals surface area contributed by atoms with Crippen LogP contribution in [0.3, 0.4) is 0 Å². The van der Waals surface area contributed by atoms with E-state index < -0.39 is 186 Å². The highest BCUT2D eigenvalue weighted by Gasteiger charge is 2.50. The third-order valence-electron chi connectivity index (χ3n) is 19.6. The lowest BCUT2D eigenvalue weighted by Crippen LogP contribution is -2.64. The van der Waals surface area contributed by atoms with Crippen molar-refractivity contribution in [1.29, 1.82) is 0 Å². The van der Waals surface area contributed by atoms with Gasteiger partial charge in [0.1, 0.15) is 48.4 Å². The first-order chi connectivity index (χ1) is 46.2. The van der Waals surface area contributed by atoms with E-state index >= 15 is 9.59 Å². The van der Waals surface area contributed by atoms with Gasteiger partial charge in [-0.15, -0.1) is 0 Å². The molecule has 5 rings (SSSR count). The molecule has 0 radical (unpaired) electrons. The van der Waals surface area contributed by atoms with Gasteiger partial charge in [-0.25, -0.2) is 0 Å². The van der Waals surface area contributed by atoms with Crippen LogP contribution in [-0.2, 0) is 74.9 Å². The van der Waals surface area contributed by atoms with E-state index in [0.717, 1.165) is 58.9 Å². The molecule has 2 aliphatic heterocycles. The second kappa shape index (κ2) is 36.5. The third-order valence-corrected chi connectivity index (χ3v) is 19.9. The molecule has 5 N–H and O–H groups in total. The van der Waals surface area contributed by atoms with Gasteiger partial charge in [0.05, 0.1) is 42.9 Å². The molecule has 25 nitrogen and oxygen atoms in total. The quantitative estimate of drug-likeness (QED) is 0.163. The molecule has 4 aliphatic rings. The Kier molecular flexibility index (Phi) is 30.4. The van der Waals surface area contributed by atoms with Crippen molar-refractivity contribution < 1.29 is 75.4 Å². The molecule has 0 bridgehead atoms. The van der Waals surface area contributed by atoms with E-state index in [4.69, 9.17) is 16.3 Å². The molecule has 1 aromatic rings. The molecule has 2 aliphatic carbocycles. The maximum Gasteiger partial charge on any atom is 0.417 e. The Bertz CT molecular complexity index is 3050. The summed E-state index contributed by atoms with van der Waals surface area (Å²) < 4.78 is 47.4. The lowest BCUT2D eigenvalue weighted by molar-refractivity contribution is -0.150. The van der Waals surface area contributed by atoms with Crippen molar-refractivity contribution in [2.75, 3.05) is 81.7 Å². The molecule has 2 heterocycles. The highest BCUT2D eigenvalue weighted by Crippen LogP contribution is 2.37. The minimum absolute atomic E-state index is 0.0145. The van der Waals surface area contributed by atoms with Crippen LogP contribution in [0.4, 0.5) is 13.2 Å². The van der Waals surface area contributed by atoms with Gasteiger partial charge in [-0.05, 0) is 114 Å². The number of nitrogens with one attached hydrogen (secondary N) is 5. The molecule has 29 heteroatoms. The lowest BCUT2D eigenvalue weighted by atomic mass is 9.84. The molecule has 1 spiro atoms. The number of ether oxygens (including phenoxy) is 1. The number of amides is 12. The summed E-state index contributed by atoms with van der Waals surface area (Å²) in [6, 6.07) is -5.42. The second-order valence-electron chi connectivity index (χ2n) is 29.7. The van der Waals surface area contributed by atoms with Gasteiger partial charge in [0, 0.05) is 60.8 Å². The van der Waals surface area contributed by atoms with Crippen LogP contribution >= 0.6 is 11.6 Å². The Balaban J connectivity index is 1.59. The van der Waals surface area contributed by atoms with Crippen LogP contribution in [0.5, 0.6) is 0 Å². The number of aryl methyl sites for hydroxylation is 1. The maximum absolute atomic E-state index is 15.3. The maximum atomic E-state index is 15.3. The summed E-state index contributed by atoms with van der Waals surface area (Å²) in [5.74, 6) is -9.18. The Hall–Kier alpha value is -7.10. The van der Waals surface area contributed by atoms with Crippen LogP contribution < -0.4 is 26.6 Å². The largest absolute Gasteiger partial charge is 0.417 e. The molecular weight excluding hydrogens is 1310 g/mol. The fourth-order valence-corrected chi connectivity index (χ4v) is 14.1. The summed E-state index contributed by atoms with van der Waals surface area (Å²) in [5, 5.41) is 13.7. The van der Waals surface area contributed by atoms with Crippen LogP contribution in [-0.4, -0.2) is 240 Å². The third kappa shape index (κ3) is 23.2. The number of fused-ring (bicyclic) bond motifs is 1. The SMILES string of the molecule is CC[C@H](C)[C@@H]1NC(=O)[C@H](CC(C)C)N(C)C(=O)C[C@@H](COCC(=O)NC(C)(C)C)NC(=O)[C@H](C(C)C)N(C)C(=O)C2(CCCC2)NC(=O)C2CCCN2C(=O)[C@H](CCc2ccc(C(F)(F)F)c(Cl)c2)NC(=O)CN(C)C(=O)[C@H](CC2CCCCC2)N(C)C(=O)CN(C)C(=O)CN(C)C1=O. The smallest absolute Gasteiger partial charge is 0.369 e. The van der Waals surface area contributed by atoms with Crippen LogP contribution in [0.1, 0.15) is 176 Å². The van der Waals surface area contributed by atoms with Crippen molar-refractivity contribution in [2.24, 2.45) is 23.7 Å². The van der Waals surface area contributed by atoms with Crippen molar-refractivity contribution in [1.82, 2.24) is 60.9 Å². The van der Waals surface area contributed by atoms with E-state index in [9.17, 15) is 61.1 Å². The predicted molar refractivity (Wildman–Crippen MR) is 366 cm³/mol. The molecule has 0 aromatic heterocycles. The van der Waals surface area contributed by atoms with E-state index in [1.54, 1.807) is 41.5 Å². The van der Waals surface area contributed by atoms with Crippen LogP contribution in [0.15, 0.2) is 18.2 Å². The summed E-state index contributed by atoms with van der Waals surface area (Å²) in [7, 11) is 8.39. The number of benzene rings is 1. The van der Waals surface area contributed by atoms with E-state index in [-0.39, 0.29) is 69.9 Å². The van der Waals surface area contributed by atoms with Crippen molar-refractivity contribution >= 4 is 82.5 Å². The Morgan fingerprint density at radius 3 is 1.90 bits per heavy atom. The van der Waals surface area contributed by atoms with Crippen molar-refractivity contribution in [3.63, 3.8) is 0 Å². The standard InChI is InChI=1S/C70H110ClF3N12O13/c1-16-44(6)59-66(97)82(12)38-57(90)80(10)39-58(91)84(14)53(35-45-23-18-17-19-24-45)65(96)81(11)37-54(87)76-50(29-27-46-26-28-48(49(71)34-46)70(72,73)74)64(95)86-32-22-25-51(86)62(93)79-69(30-20-21-31-69)67(98)85(15)60(43(4)5)63(94)75-47(40-99-41-55(88)78-68(7,8)9)36-56(89)83(13)52(33-42(2)3)61(92)77-59/h26,28,34,42-45,47,50-53,59-60H,16-25,27,29-33,35-41H2,1-15H3,(H,75,94)(H,76,87)(H,77,92)(H,78,88)(H,79,93)/t44-,47-,50-,51?,52-,53-,59-,60-/m0/s1. The predicted octanol–water partition coefficient (Wildman–Crippen LogP) is 5.08. The summed E-state index contributed by atoms with van der Waals surface area (Å²) in [6.45, 7) is 13.5. The monoisotopic (exact) mass is 1420 g/mol. The molecule has 1 unspecified atom stereocenters. The van der Waals surface area contributed by atoms with Crippen molar-refractivity contribution in [3.05, 3.63) is 34.3 Å². The molecule has 2 saturated heterocycles. The molecule has 4 fully saturated rings. The van der Waals surface area contributed by atoms with Gasteiger partial charge in [-0.2, -0.15) is 13.2 Å². The average molecular weight is 1420 g/mol. The van der Waals surface area contributed by atoms with E-state index in [1.165, 1.54) is 68.0 Å². The summed E-state index contributed by atoms with van der Waals surface area (Å²) in [5.41, 5.74) is -2.99. The van der Waals surface area contributed by atoms with Gasteiger partial charge in [-0.1, -0.05) is 111 Å². The zero-order chi connectivity index (χ0) is 74.2. The summed E-state index contributed by atoms with van der Waals surface area (Å²) in [6.07, 6.45) is 1.26. The molecule has 8 atom stereocenters. The van der Waals surface area contributed by atoms with Gasteiger partial charge < -0.3 is 65.6 Å². The molecule has 556 valence electrons. The van der Waals surface area contributed by atoms with Crippen LogP contribution in [0.25, 0.3) is 0 Å². The minimum Gasteiger partial charge on any atom is -0.369 e. The lowest BCUT2D eigenvalue weighted by Gasteiger charge is -2.39. The van der Waals surface area contributed by atoms with Gasteiger partial charge >= 0.3 is 6.18 Å². The van der Waals surface area contributed by atoms with Crippen molar-refractivity contribution in [3.8, 4) is 0 Å². The normalized spacial score (nSPS) is 25.1. The van der Waals surface area contributed by atoms with E-state index in [0.29, 0.717) is 31.2 Å². The van der Waals surface area contributed by atoms with Gasteiger partial charge in [0.25, 0.3) is 0 Å². The number of hydrogen-bond acceptors (Lipinski definition) is 13. The summed E-state index contributed by atoms with van der Waals surface area (Å²) >= 11 is 6.13. The number of rotatable bonds is 14. The summed E-state index contributed by atoms with van der Waals surface area (Å²) in [4.78, 5) is 183. The molecule has 2 saturated carbocycles. The Morgan fingerprint density at radius 2 is 1.31 bits per heavy atom. The first kappa shape index (κ1) is 82.6. The average Bonchev–Trinajstić information content (AvgIpc) is 1.72. The van der Waals surface area contributed by atoms with Crippen molar-refractivity contribution in [2.45, 2.75) is 231 Å². The molecular formula is C70H110ClF3N12O13. The number of likely N-dealkylation sites (N-methyl/N-ethyl adjacent to an activating group) is 6. The fourth-order valence-electron chi connectivity index (χ4n) is 13.8. The van der Waals surface area contributed by atoms with Gasteiger partial charge in [0.2, 0.25) is 70.9 Å². The Labute approximate surface area is 587 Å². The Morgan fingerprint density at radius 1 is 0.697 bits per heavy atom. The highest BCUT2D eigenvalue weighted by molar-refractivity contribution is 6.31. The van der Waals surface area contributed by atoms with E-state index in [1.807, 2.05) is 20.8 Å². The highest BCUT2D eigenvalue weighted by atomic mass is 35.5. The molecule has 99 heavy (non-hydrogen) atoms. The number of alkyl halides is 3. The fraction of sp³-hybridized carbons (Fsp3) is 0.743. The van der Waals surface area contributed by atoms with Gasteiger partial charge in [-0.3, -0.25) is 57.5 Å². The number of nitrogens with zero attached hydrogens (tertiary/aromatic N) is 7. The topological polar surface area (TPSA) is 297 Å².